The maximum absolute atomic E-state index is 12.9. The lowest BCUT2D eigenvalue weighted by atomic mass is 10.1. The lowest BCUT2D eigenvalue weighted by Crippen LogP contribution is -2.54. The quantitative estimate of drug-likeness (QED) is 0.369. The number of rotatable bonds is 3. The van der Waals surface area contributed by atoms with E-state index < -0.39 is 51.7 Å². The van der Waals surface area contributed by atoms with Crippen molar-refractivity contribution in [1.82, 2.24) is 5.32 Å². The van der Waals surface area contributed by atoms with Crippen LogP contribution in [0.2, 0.25) is 0 Å². The number of nitro groups is 1. The summed E-state index contributed by atoms with van der Waals surface area (Å²) in [7, 11) is 0. The first kappa shape index (κ1) is 18.8. The van der Waals surface area contributed by atoms with Gasteiger partial charge in [-0.25, -0.2) is 9.69 Å². The van der Waals surface area contributed by atoms with Crippen molar-refractivity contribution < 1.29 is 36.9 Å². The van der Waals surface area contributed by atoms with Gasteiger partial charge in [-0.1, -0.05) is 6.07 Å². The van der Waals surface area contributed by atoms with Crippen LogP contribution in [0.15, 0.2) is 46.4 Å². The number of halogens is 3. The fourth-order valence-electron chi connectivity index (χ4n) is 2.37. The number of amides is 4. The van der Waals surface area contributed by atoms with Crippen LogP contribution in [0.3, 0.4) is 0 Å². The second kappa shape index (κ2) is 6.64. The van der Waals surface area contributed by atoms with Gasteiger partial charge >= 0.3 is 18.1 Å². The summed E-state index contributed by atoms with van der Waals surface area (Å²) in [5, 5.41) is 12.4. The summed E-state index contributed by atoms with van der Waals surface area (Å²) in [5.41, 5.74) is -2.17. The minimum atomic E-state index is -4.72. The Balaban J connectivity index is 2.01. The zero-order valence-corrected chi connectivity index (χ0v) is 13.5. The fourth-order valence-corrected chi connectivity index (χ4v) is 2.37. The van der Waals surface area contributed by atoms with Gasteiger partial charge in [0, 0.05) is 0 Å². The summed E-state index contributed by atoms with van der Waals surface area (Å²) in [6, 6.07) is 4.25. The molecule has 12 heteroatoms. The summed E-state index contributed by atoms with van der Waals surface area (Å²) >= 11 is 0. The topological polar surface area (TPSA) is 123 Å². The molecule has 0 bridgehead atoms. The van der Waals surface area contributed by atoms with Gasteiger partial charge in [0.05, 0.1) is 17.3 Å². The van der Waals surface area contributed by atoms with Crippen LogP contribution in [0.1, 0.15) is 11.3 Å². The molecule has 0 spiro atoms. The van der Waals surface area contributed by atoms with E-state index in [2.05, 4.69) is 0 Å². The van der Waals surface area contributed by atoms with Gasteiger partial charge in [-0.15, -0.1) is 0 Å². The average molecular weight is 395 g/mol. The van der Waals surface area contributed by atoms with E-state index in [9.17, 15) is 37.7 Å². The maximum Gasteiger partial charge on any atom is 0.433 e. The molecule has 0 saturated carbocycles. The van der Waals surface area contributed by atoms with E-state index >= 15 is 0 Å². The highest BCUT2D eigenvalue weighted by molar-refractivity contribution is 6.39. The van der Waals surface area contributed by atoms with Crippen molar-refractivity contribution in [3.8, 4) is 0 Å². The number of carbonyl (C=O) groups is 3. The molecule has 0 radical (unpaired) electrons. The Bertz CT molecular complexity index is 1040. The highest BCUT2D eigenvalue weighted by Gasteiger charge is 2.38. The molecule has 4 amide bonds. The highest BCUT2D eigenvalue weighted by Crippen LogP contribution is 2.32. The average Bonchev–Trinajstić information content (AvgIpc) is 3.07. The number of nitrogens with one attached hydrogen (secondary N) is 1. The smallest absolute Gasteiger partial charge is 0.401 e. The molecule has 144 valence electrons. The van der Waals surface area contributed by atoms with Crippen LogP contribution in [0.25, 0.3) is 6.08 Å². The number of hydrogen-bond donors (Lipinski definition) is 1. The van der Waals surface area contributed by atoms with Crippen molar-refractivity contribution in [3.05, 3.63) is 63.4 Å². The molecule has 9 nitrogen and oxygen atoms in total. The van der Waals surface area contributed by atoms with Crippen molar-refractivity contribution in [3.63, 3.8) is 0 Å². The van der Waals surface area contributed by atoms with Crippen LogP contribution in [-0.4, -0.2) is 22.8 Å². The van der Waals surface area contributed by atoms with E-state index in [-0.39, 0.29) is 5.76 Å². The number of anilines is 1. The third-order valence-corrected chi connectivity index (χ3v) is 3.61. The van der Waals surface area contributed by atoms with Crippen LogP contribution >= 0.6 is 0 Å². The Morgan fingerprint density at radius 1 is 1.14 bits per heavy atom. The number of nitrogens with zero attached hydrogens (tertiary/aromatic N) is 2. The highest BCUT2D eigenvalue weighted by atomic mass is 19.4. The summed E-state index contributed by atoms with van der Waals surface area (Å²) in [6.07, 6.45) is -3.87. The third kappa shape index (κ3) is 3.47. The molecular formula is C16H8F3N3O6. The van der Waals surface area contributed by atoms with E-state index in [1.807, 2.05) is 5.32 Å². The summed E-state index contributed by atoms with van der Waals surface area (Å²) in [6.45, 7) is 0. The van der Waals surface area contributed by atoms with Gasteiger partial charge in [0.2, 0.25) is 0 Å². The molecule has 2 heterocycles. The lowest BCUT2D eigenvalue weighted by molar-refractivity contribution is -0.402. The molecule has 0 aliphatic carbocycles. The first-order valence-corrected chi connectivity index (χ1v) is 7.41. The van der Waals surface area contributed by atoms with Gasteiger partial charge in [-0.3, -0.25) is 25.0 Å². The summed E-state index contributed by atoms with van der Waals surface area (Å²) < 4.78 is 43.5. The van der Waals surface area contributed by atoms with Crippen LogP contribution in [0.4, 0.5) is 29.5 Å². The number of furan rings is 1. The van der Waals surface area contributed by atoms with Gasteiger partial charge in [-0.05, 0) is 30.3 Å². The number of urea groups is 1. The number of imide groups is 2. The van der Waals surface area contributed by atoms with Crippen LogP contribution in [0, 0.1) is 10.1 Å². The Hall–Kier alpha value is -3.96. The third-order valence-electron chi connectivity index (χ3n) is 3.61. The van der Waals surface area contributed by atoms with Crippen molar-refractivity contribution in [2.75, 3.05) is 4.90 Å². The second-order valence-corrected chi connectivity index (χ2v) is 5.44. The van der Waals surface area contributed by atoms with Gasteiger partial charge in [0.25, 0.3) is 11.8 Å². The maximum atomic E-state index is 12.9. The van der Waals surface area contributed by atoms with E-state index in [1.165, 1.54) is 0 Å². The summed E-state index contributed by atoms with van der Waals surface area (Å²) in [4.78, 5) is 46.7. The molecule has 1 aromatic carbocycles. The normalized spacial score (nSPS) is 16.5. The van der Waals surface area contributed by atoms with Crippen LogP contribution in [-0.2, 0) is 15.8 Å². The Morgan fingerprint density at radius 3 is 2.46 bits per heavy atom. The van der Waals surface area contributed by atoms with Gasteiger partial charge in [0.1, 0.15) is 16.3 Å². The molecule has 1 aromatic heterocycles. The largest absolute Gasteiger partial charge is 0.433 e. The molecule has 1 aliphatic rings. The van der Waals surface area contributed by atoms with Gasteiger partial charge in [0.15, 0.2) is 0 Å². The van der Waals surface area contributed by atoms with Gasteiger partial charge < -0.3 is 4.42 Å². The standard InChI is InChI=1S/C16H8F3N3O6/c17-16(18,19)8-2-1-3-9(6-8)21-14(24)11(13(23)20-15(21)25)7-10-4-5-12(28-10)22(26)27/h1-7H,(H,20,23,25)/b11-7-. The number of benzene rings is 1. The van der Waals surface area contributed by atoms with E-state index in [4.69, 9.17) is 4.42 Å². The molecular weight excluding hydrogens is 387 g/mol. The molecule has 0 atom stereocenters. The molecule has 28 heavy (non-hydrogen) atoms. The second-order valence-electron chi connectivity index (χ2n) is 5.44. The number of alkyl halides is 3. The predicted molar refractivity (Wildman–Crippen MR) is 85.8 cm³/mol. The molecule has 3 rings (SSSR count). The lowest BCUT2D eigenvalue weighted by Gasteiger charge is -2.26. The van der Waals surface area contributed by atoms with Crippen LogP contribution < -0.4 is 10.2 Å². The van der Waals surface area contributed by atoms with E-state index in [1.54, 1.807) is 0 Å². The van der Waals surface area contributed by atoms with Crippen molar-refractivity contribution in [2.45, 2.75) is 6.18 Å². The fraction of sp³-hybridized carbons (Fsp3) is 0.0625. The first-order chi connectivity index (χ1) is 13.1. The minimum absolute atomic E-state index is 0.233. The predicted octanol–water partition coefficient (Wildman–Crippen LogP) is 2.87. The van der Waals surface area contributed by atoms with E-state index in [0.29, 0.717) is 11.0 Å². The molecule has 1 saturated heterocycles. The molecule has 0 unspecified atom stereocenters. The van der Waals surface area contributed by atoms with Crippen molar-refractivity contribution >= 4 is 35.5 Å². The van der Waals surface area contributed by atoms with E-state index in [0.717, 1.165) is 36.4 Å². The van der Waals surface area contributed by atoms with Crippen LogP contribution in [0.5, 0.6) is 0 Å². The minimum Gasteiger partial charge on any atom is -0.401 e. The zero-order chi connectivity index (χ0) is 20.6. The molecule has 1 aliphatic heterocycles. The SMILES string of the molecule is O=C1NC(=O)N(c2cccc(C(F)(F)F)c2)C(=O)/C1=C\c1ccc([N+](=O)[O-])o1. The zero-order valence-electron chi connectivity index (χ0n) is 13.5. The molecule has 1 fully saturated rings. The Morgan fingerprint density at radius 2 is 1.86 bits per heavy atom. The summed E-state index contributed by atoms with van der Waals surface area (Å²) in [5.74, 6) is -3.23. The number of hydrogen-bond acceptors (Lipinski definition) is 6. The molecule has 2 aromatic rings. The monoisotopic (exact) mass is 395 g/mol. The van der Waals surface area contributed by atoms with Crippen molar-refractivity contribution in [2.24, 2.45) is 0 Å². The Labute approximate surface area is 153 Å². The number of barbiturate groups is 1. The van der Waals surface area contributed by atoms with Gasteiger partial charge in [-0.2, -0.15) is 13.2 Å². The molecule has 1 N–H and O–H groups in total. The Kier molecular flexibility index (Phi) is 4.47. The number of carbonyl (C=O) groups excluding carboxylic acids is 3. The first-order valence-electron chi connectivity index (χ1n) is 7.41. The van der Waals surface area contributed by atoms with Crippen molar-refractivity contribution in [1.29, 1.82) is 0 Å².